The fourth-order valence-corrected chi connectivity index (χ4v) is 5.21. The van der Waals surface area contributed by atoms with Gasteiger partial charge in [-0.1, -0.05) is 19.0 Å². The monoisotopic (exact) mass is 403 g/mol. The summed E-state index contributed by atoms with van der Waals surface area (Å²) in [4.78, 5) is 51.9. The predicted molar refractivity (Wildman–Crippen MR) is 99.1 cm³/mol. The molecule has 29 heavy (non-hydrogen) atoms. The first-order valence-electron chi connectivity index (χ1n) is 10.0. The van der Waals surface area contributed by atoms with Crippen molar-refractivity contribution in [3.63, 3.8) is 0 Å². The number of amides is 3. The summed E-state index contributed by atoms with van der Waals surface area (Å²) >= 11 is 0. The Kier molecular flexibility index (Phi) is 4.92. The van der Waals surface area contributed by atoms with Crippen molar-refractivity contribution >= 4 is 29.5 Å². The minimum atomic E-state index is -1.03. The molecule has 0 unspecified atom stereocenters. The zero-order chi connectivity index (χ0) is 20.9. The van der Waals surface area contributed by atoms with Gasteiger partial charge in [0, 0.05) is 6.07 Å². The van der Waals surface area contributed by atoms with Gasteiger partial charge in [0.1, 0.15) is 11.8 Å². The van der Waals surface area contributed by atoms with Crippen molar-refractivity contribution in [3.8, 4) is 0 Å². The average molecular weight is 403 g/mol. The lowest BCUT2D eigenvalue weighted by molar-refractivity contribution is -0.162. The first kappa shape index (κ1) is 19.6. The summed E-state index contributed by atoms with van der Waals surface area (Å²) in [6.07, 6.45) is 2.87. The van der Waals surface area contributed by atoms with Gasteiger partial charge in [0.05, 0.1) is 11.8 Å². The number of nitrogens with one attached hydrogen (secondary N) is 1. The van der Waals surface area contributed by atoms with Gasteiger partial charge in [0.25, 0.3) is 5.91 Å². The van der Waals surface area contributed by atoms with Gasteiger partial charge in [-0.3, -0.25) is 19.3 Å². The number of nitrogens with zero attached hydrogens (tertiary/aromatic N) is 2. The van der Waals surface area contributed by atoms with Gasteiger partial charge >= 0.3 is 5.97 Å². The van der Waals surface area contributed by atoms with Crippen LogP contribution in [0.2, 0.25) is 0 Å². The van der Waals surface area contributed by atoms with Crippen LogP contribution in [-0.4, -0.2) is 46.4 Å². The standard InChI is InChI=1S/C20H25N3O6/c1-9(2)17(20(27)28-8-14(24)21-13-6-10(3)29-22-13)23-18(25)15-11-4-5-12(7-11)16(15)19(23)26/h6,9,11-12,15-17H,4-5,7-8H2,1-3H3,(H,21,22,24)/t11-,12+,15-,16+,17-/m0/s1. The van der Waals surface area contributed by atoms with E-state index in [9.17, 15) is 19.2 Å². The number of aryl methyl sites for hydroxylation is 1. The molecule has 1 saturated heterocycles. The van der Waals surface area contributed by atoms with E-state index in [1.165, 1.54) is 6.07 Å². The summed E-state index contributed by atoms with van der Waals surface area (Å²) < 4.78 is 10.0. The maximum atomic E-state index is 13.0. The number of hydrogen-bond acceptors (Lipinski definition) is 7. The Morgan fingerprint density at radius 3 is 2.38 bits per heavy atom. The van der Waals surface area contributed by atoms with Gasteiger partial charge in [0.15, 0.2) is 12.4 Å². The van der Waals surface area contributed by atoms with Crippen molar-refractivity contribution in [2.75, 3.05) is 11.9 Å². The predicted octanol–water partition coefficient (Wildman–Crippen LogP) is 1.52. The van der Waals surface area contributed by atoms with E-state index in [0.717, 1.165) is 24.2 Å². The molecule has 0 spiro atoms. The molecule has 3 aliphatic rings. The Balaban J connectivity index is 1.42. The molecule has 1 N–H and O–H groups in total. The quantitative estimate of drug-likeness (QED) is 0.565. The molecule has 9 nitrogen and oxygen atoms in total. The van der Waals surface area contributed by atoms with Crippen molar-refractivity contribution in [1.82, 2.24) is 10.1 Å². The molecule has 9 heteroatoms. The molecule has 3 fully saturated rings. The SMILES string of the molecule is Cc1cc(NC(=O)COC(=O)[C@H](C(C)C)N2C(=O)[C@@H]3[C@@H]4CC[C@@H](C4)[C@@H]3C2=O)no1. The number of esters is 1. The van der Waals surface area contributed by atoms with Crippen molar-refractivity contribution in [2.45, 2.75) is 46.1 Å². The topological polar surface area (TPSA) is 119 Å². The first-order chi connectivity index (χ1) is 13.8. The van der Waals surface area contributed by atoms with Gasteiger partial charge in [-0.2, -0.15) is 0 Å². The highest BCUT2D eigenvalue weighted by Gasteiger charge is 2.62. The lowest BCUT2D eigenvalue weighted by Gasteiger charge is -2.28. The molecule has 2 bridgehead atoms. The van der Waals surface area contributed by atoms with Crippen LogP contribution in [0.1, 0.15) is 38.9 Å². The summed E-state index contributed by atoms with van der Waals surface area (Å²) in [5.41, 5.74) is 0. The molecule has 156 valence electrons. The molecule has 1 aliphatic heterocycles. The van der Waals surface area contributed by atoms with Crippen LogP contribution in [0.4, 0.5) is 5.82 Å². The van der Waals surface area contributed by atoms with Gasteiger partial charge < -0.3 is 14.6 Å². The zero-order valence-electron chi connectivity index (χ0n) is 16.7. The molecule has 2 heterocycles. The summed E-state index contributed by atoms with van der Waals surface area (Å²) in [6, 6.07) is 0.507. The van der Waals surface area contributed by atoms with E-state index >= 15 is 0 Å². The summed E-state index contributed by atoms with van der Waals surface area (Å²) in [7, 11) is 0. The van der Waals surface area contributed by atoms with Gasteiger partial charge in [0.2, 0.25) is 11.8 Å². The second-order valence-electron chi connectivity index (χ2n) is 8.60. The third-order valence-corrected chi connectivity index (χ3v) is 6.35. The van der Waals surface area contributed by atoms with Crippen LogP contribution < -0.4 is 5.32 Å². The number of carbonyl (C=O) groups excluding carboxylic acids is 4. The molecular weight excluding hydrogens is 378 g/mol. The Hall–Kier alpha value is -2.71. The van der Waals surface area contributed by atoms with E-state index < -0.39 is 24.5 Å². The molecule has 4 rings (SSSR count). The van der Waals surface area contributed by atoms with E-state index in [-0.39, 0.29) is 47.2 Å². The highest BCUT2D eigenvalue weighted by molar-refractivity contribution is 6.08. The Labute approximate surface area is 168 Å². The highest BCUT2D eigenvalue weighted by atomic mass is 16.5. The molecule has 2 aliphatic carbocycles. The maximum absolute atomic E-state index is 13.0. The van der Waals surface area contributed by atoms with Crippen molar-refractivity contribution in [2.24, 2.45) is 29.6 Å². The van der Waals surface area contributed by atoms with E-state index in [0.29, 0.717) is 5.76 Å². The van der Waals surface area contributed by atoms with Gasteiger partial charge in [-0.25, -0.2) is 4.79 Å². The second kappa shape index (κ2) is 7.27. The Morgan fingerprint density at radius 1 is 1.24 bits per heavy atom. The molecule has 0 radical (unpaired) electrons. The van der Waals surface area contributed by atoms with Crippen LogP contribution in [0.25, 0.3) is 0 Å². The van der Waals surface area contributed by atoms with Gasteiger partial charge in [-0.15, -0.1) is 0 Å². The number of hydrogen-bond donors (Lipinski definition) is 1. The van der Waals surface area contributed by atoms with E-state index in [1.807, 2.05) is 0 Å². The zero-order valence-corrected chi connectivity index (χ0v) is 16.7. The fraction of sp³-hybridized carbons (Fsp3) is 0.650. The van der Waals surface area contributed by atoms with E-state index in [4.69, 9.17) is 9.26 Å². The molecule has 5 atom stereocenters. The highest BCUT2D eigenvalue weighted by Crippen LogP contribution is 2.56. The van der Waals surface area contributed by atoms with Crippen LogP contribution in [0.3, 0.4) is 0 Å². The number of imide groups is 1. The minimum Gasteiger partial charge on any atom is -0.454 e. The normalized spacial score (nSPS) is 28.8. The van der Waals surface area contributed by atoms with E-state index in [2.05, 4.69) is 10.5 Å². The Bertz CT molecular complexity index is 834. The average Bonchev–Trinajstić information content (AvgIpc) is 3.41. The first-order valence-corrected chi connectivity index (χ1v) is 10.0. The van der Waals surface area contributed by atoms with Crippen LogP contribution >= 0.6 is 0 Å². The third-order valence-electron chi connectivity index (χ3n) is 6.35. The van der Waals surface area contributed by atoms with Crippen LogP contribution in [0.15, 0.2) is 10.6 Å². The van der Waals surface area contributed by atoms with Crippen molar-refractivity contribution < 1.29 is 28.4 Å². The minimum absolute atomic E-state index is 0.220. The van der Waals surface area contributed by atoms with E-state index in [1.54, 1.807) is 20.8 Å². The molecular formula is C20H25N3O6. The summed E-state index contributed by atoms with van der Waals surface area (Å²) in [5.74, 6) is -1.53. The smallest absolute Gasteiger partial charge is 0.330 e. The van der Waals surface area contributed by atoms with Crippen LogP contribution in [0, 0.1) is 36.5 Å². The number of aromatic nitrogens is 1. The number of rotatable bonds is 6. The molecule has 3 amide bonds. The Morgan fingerprint density at radius 2 is 1.86 bits per heavy atom. The fourth-order valence-electron chi connectivity index (χ4n) is 5.21. The number of ether oxygens (including phenoxy) is 1. The third kappa shape index (κ3) is 3.32. The second-order valence-corrected chi connectivity index (χ2v) is 8.60. The summed E-state index contributed by atoms with van der Waals surface area (Å²) in [6.45, 7) is 4.66. The lowest BCUT2D eigenvalue weighted by Crippen LogP contribution is -2.50. The molecule has 2 saturated carbocycles. The van der Waals surface area contributed by atoms with Crippen molar-refractivity contribution in [3.05, 3.63) is 11.8 Å². The number of anilines is 1. The maximum Gasteiger partial charge on any atom is 0.330 e. The summed E-state index contributed by atoms with van der Waals surface area (Å²) in [5, 5.41) is 6.09. The van der Waals surface area contributed by atoms with Crippen LogP contribution in [-0.2, 0) is 23.9 Å². The van der Waals surface area contributed by atoms with Gasteiger partial charge in [-0.05, 0) is 43.9 Å². The number of likely N-dealkylation sites (tertiary alicyclic amines) is 1. The van der Waals surface area contributed by atoms with Crippen LogP contribution in [0.5, 0.6) is 0 Å². The lowest BCUT2D eigenvalue weighted by atomic mass is 9.81. The molecule has 1 aromatic rings. The largest absolute Gasteiger partial charge is 0.454 e. The van der Waals surface area contributed by atoms with Crippen molar-refractivity contribution in [1.29, 1.82) is 0 Å². The molecule has 1 aromatic heterocycles. The molecule has 0 aromatic carbocycles. The number of carbonyl (C=O) groups is 4. The number of fused-ring (bicyclic) bond motifs is 5.